The second kappa shape index (κ2) is 13.8. The van der Waals surface area contributed by atoms with Crippen LogP contribution in [0.15, 0.2) is 115 Å². The summed E-state index contributed by atoms with van der Waals surface area (Å²) in [6.45, 7) is 33.7. The average Bonchev–Trinajstić information content (AvgIpc) is 3.63. The monoisotopic (exact) mass is 892 g/mol. The van der Waals surface area contributed by atoms with Crippen molar-refractivity contribution in [1.29, 1.82) is 0 Å². The summed E-state index contributed by atoms with van der Waals surface area (Å²) in [4.78, 5) is 5.36. The molecule has 0 saturated carbocycles. The molecular formula is C63H65BN2S. The Morgan fingerprint density at radius 3 is 1.64 bits per heavy atom. The van der Waals surface area contributed by atoms with E-state index in [1.807, 2.05) is 11.3 Å². The van der Waals surface area contributed by atoms with Crippen molar-refractivity contribution in [3.8, 4) is 0 Å². The van der Waals surface area contributed by atoms with E-state index in [2.05, 4.69) is 222 Å². The minimum atomic E-state index is -0.196. The van der Waals surface area contributed by atoms with Gasteiger partial charge in [0, 0.05) is 65.1 Å². The first-order valence-electron chi connectivity index (χ1n) is 24.8. The fourth-order valence-electron chi connectivity index (χ4n) is 13.1. The molecule has 1 aromatic heterocycles. The lowest BCUT2D eigenvalue weighted by Crippen LogP contribution is -2.62. The molecule has 4 heteroatoms. The molecule has 7 aromatic carbocycles. The van der Waals surface area contributed by atoms with E-state index < -0.39 is 0 Å². The molecular weight excluding hydrogens is 828 g/mol. The van der Waals surface area contributed by atoms with Gasteiger partial charge >= 0.3 is 0 Å². The smallest absolute Gasteiger partial charge is 0.252 e. The van der Waals surface area contributed by atoms with Gasteiger partial charge in [-0.1, -0.05) is 137 Å². The maximum atomic E-state index is 2.72. The van der Waals surface area contributed by atoms with Crippen molar-refractivity contribution in [2.75, 3.05) is 9.80 Å². The highest BCUT2D eigenvalue weighted by atomic mass is 32.1. The van der Waals surface area contributed by atoms with Crippen LogP contribution in [0.1, 0.15) is 145 Å². The van der Waals surface area contributed by atoms with Crippen LogP contribution in [0.5, 0.6) is 0 Å². The summed E-state index contributed by atoms with van der Waals surface area (Å²) in [6, 6.07) is 46.2. The Morgan fingerprint density at radius 1 is 0.463 bits per heavy atom. The molecule has 336 valence electrons. The first-order chi connectivity index (χ1) is 31.6. The Balaban J connectivity index is 1.23. The van der Waals surface area contributed by atoms with Crippen molar-refractivity contribution in [3.05, 3.63) is 171 Å². The SMILES string of the molecule is Cc1cc2c3c(c1)N(c1ccccc1C)c1cc4c(cc1B3c1cc3c(cc1N2c1cc2c(cc1C)C(C)(C)CCC2(C)C)C(C)(C)c1ccccc1C3(C)C)sc1ccc(C(C)(C)C)cc14. The summed E-state index contributed by atoms with van der Waals surface area (Å²) in [6.07, 6.45) is 2.37. The zero-order valence-corrected chi connectivity index (χ0v) is 43.1. The van der Waals surface area contributed by atoms with Crippen LogP contribution in [-0.4, -0.2) is 6.71 Å². The van der Waals surface area contributed by atoms with Gasteiger partial charge in [0.2, 0.25) is 0 Å². The van der Waals surface area contributed by atoms with Crippen LogP contribution >= 0.6 is 11.3 Å². The summed E-state index contributed by atoms with van der Waals surface area (Å²) < 4.78 is 2.71. The number of thiophene rings is 1. The van der Waals surface area contributed by atoms with E-state index in [4.69, 9.17) is 0 Å². The predicted molar refractivity (Wildman–Crippen MR) is 292 cm³/mol. The van der Waals surface area contributed by atoms with E-state index in [-0.39, 0.29) is 33.8 Å². The van der Waals surface area contributed by atoms with E-state index in [1.54, 1.807) is 0 Å². The van der Waals surface area contributed by atoms with Gasteiger partial charge in [-0.25, -0.2) is 0 Å². The summed E-state index contributed by atoms with van der Waals surface area (Å²) in [7, 11) is 0. The Morgan fingerprint density at radius 2 is 1.00 bits per heavy atom. The second-order valence-electron chi connectivity index (χ2n) is 24.3. The van der Waals surface area contributed by atoms with Gasteiger partial charge in [0.15, 0.2) is 0 Å². The molecule has 0 amide bonds. The molecule has 8 aromatic rings. The quantitative estimate of drug-likeness (QED) is 0.160. The third kappa shape index (κ3) is 5.93. The van der Waals surface area contributed by atoms with Crippen molar-refractivity contribution in [2.24, 2.45) is 0 Å². The summed E-state index contributed by atoms with van der Waals surface area (Å²) in [5.74, 6) is 0. The Bertz CT molecular complexity index is 3460. The molecule has 0 radical (unpaired) electrons. The number of fused-ring (bicyclic) bond motifs is 10. The standard InChI is InChI=1S/C63H65BN2S/c1-36-27-54-58-55(28-36)66(51-33-45-44(29-38(51)3)60(7,8)25-26-61(45,9)10)53-34-47-46(62(11,12)42-20-16-17-21-43(42)63(47,13)14)32-48(53)64(58)49-35-57-41(31-52(49)65(54)50-22-18-15-19-37(50)2)40-30-39(59(4,5)6)23-24-56(40)67-57/h15-24,27-35H,25-26H2,1-14H3. The molecule has 0 spiro atoms. The van der Waals surface area contributed by atoms with Crippen molar-refractivity contribution in [3.63, 3.8) is 0 Å². The molecule has 0 N–H and O–H groups in total. The Kier molecular flexibility index (Phi) is 8.80. The van der Waals surface area contributed by atoms with E-state index in [1.165, 1.54) is 139 Å². The molecule has 0 atom stereocenters. The number of para-hydroxylation sites is 1. The highest BCUT2D eigenvalue weighted by molar-refractivity contribution is 7.26. The molecule has 0 fully saturated rings. The van der Waals surface area contributed by atoms with E-state index in [0.29, 0.717) is 0 Å². The van der Waals surface area contributed by atoms with Crippen molar-refractivity contribution in [2.45, 2.75) is 137 Å². The maximum Gasteiger partial charge on any atom is 0.252 e. The summed E-state index contributed by atoms with van der Waals surface area (Å²) in [5, 5.41) is 2.70. The number of rotatable bonds is 2. The van der Waals surface area contributed by atoms with Crippen LogP contribution < -0.4 is 26.2 Å². The highest BCUT2D eigenvalue weighted by Crippen LogP contribution is 2.55. The predicted octanol–water partition coefficient (Wildman–Crippen LogP) is 15.7. The zero-order chi connectivity index (χ0) is 47.1. The highest BCUT2D eigenvalue weighted by Gasteiger charge is 2.49. The molecule has 0 bridgehead atoms. The summed E-state index contributed by atoms with van der Waals surface area (Å²) in [5.41, 5.74) is 25.7. The third-order valence-corrected chi connectivity index (χ3v) is 18.3. The number of benzene rings is 7. The van der Waals surface area contributed by atoms with E-state index >= 15 is 0 Å². The fraction of sp³-hybridized carbons (Fsp3) is 0.333. The first kappa shape index (κ1) is 42.8. The van der Waals surface area contributed by atoms with Crippen molar-refractivity contribution in [1.82, 2.24) is 0 Å². The first-order valence-corrected chi connectivity index (χ1v) is 25.7. The van der Waals surface area contributed by atoms with Gasteiger partial charge in [0.1, 0.15) is 0 Å². The lowest BCUT2D eigenvalue weighted by atomic mass is 9.33. The molecule has 67 heavy (non-hydrogen) atoms. The lowest BCUT2D eigenvalue weighted by molar-refractivity contribution is 0.332. The molecule has 12 rings (SSSR count). The van der Waals surface area contributed by atoms with Gasteiger partial charge in [0.05, 0.1) is 0 Å². The van der Waals surface area contributed by atoms with Gasteiger partial charge < -0.3 is 9.80 Å². The van der Waals surface area contributed by atoms with Gasteiger partial charge in [-0.15, -0.1) is 11.3 Å². The number of hydrogen-bond donors (Lipinski definition) is 0. The molecule has 0 unspecified atom stereocenters. The third-order valence-electron chi connectivity index (χ3n) is 17.2. The van der Waals surface area contributed by atoms with Crippen LogP contribution in [-0.2, 0) is 27.1 Å². The second-order valence-corrected chi connectivity index (χ2v) is 25.4. The largest absolute Gasteiger partial charge is 0.311 e. The normalized spacial score (nSPS) is 18.0. The van der Waals surface area contributed by atoms with Crippen LogP contribution in [0.2, 0.25) is 0 Å². The summed E-state index contributed by atoms with van der Waals surface area (Å²) >= 11 is 1.95. The number of aryl methyl sites for hydroxylation is 3. The van der Waals surface area contributed by atoms with Gasteiger partial charge in [-0.05, 0) is 176 Å². The van der Waals surface area contributed by atoms with Crippen molar-refractivity contribution >= 4 is 88.7 Å². The Hall–Kier alpha value is -5.58. The number of hydrogen-bond acceptors (Lipinski definition) is 3. The van der Waals surface area contributed by atoms with E-state index in [0.717, 1.165) is 0 Å². The molecule has 2 nitrogen and oxygen atoms in total. The minimum Gasteiger partial charge on any atom is -0.311 e. The molecule has 2 aliphatic carbocycles. The van der Waals surface area contributed by atoms with Gasteiger partial charge in [-0.3, -0.25) is 0 Å². The molecule has 2 aliphatic heterocycles. The minimum absolute atomic E-state index is 0.0153. The Labute approximate surface area is 404 Å². The van der Waals surface area contributed by atoms with E-state index in [9.17, 15) is 0 Å². The number of anilines is 6. The fourth-order valence-corrected chi connectivity index (χ4v) is 14.2. The van der Waals surface area contributed by atoms with Crippen molar-refractivity contribution < 1.29 is 0 Å². The van der Waals surface area contributed by atoms with Crippen LogP contribution in [0.3, 0.4) is 0 Å². The molecule has 4 aliphatic rings. The molecule has 3 heterocycles. The van der Waals surface area contributed by atoms with Gasteiger partial charge in [0.25, 0.3) is 6.71 Å². The zero-order valence-electron chi connectivity index (χ0n) is 42.3. The van der Waals surface area contributed by atoms with Crippen LogP contribution in [0, 0.1) is 20.8 Å². The number of nitrogens with zero attached hydrogens (tertiary/aromatic N) is 2. The average molecular weight is 893 g/mol. The topological polar surface area (TPSA) is 6.48 Å². The van der Waals surface area contributed by atoms with Gasteiger partial charge in [-0.2, -0.15) is 0 Å². The molecule has 0 saturated heterocycles. The van der Waals surface area contributed by atoms with Crippen LogP contribution in [0.4, 0.5) is 34.1 Å². The maximum absolute atomic E-state index is 2.72. The lowest BCUT2D eigenvalue weighted by Gasteiger charge is -2.49. The van der Waals surface area contributed by atoms with Crippen LogP contribution in [0.25, 0.3) is 20.2 Å².